The third-order valence-corrected chi connectivity index (χ3v) is 5.79. The molecule has 0 radical (unpaired) electrons. The van der Waals surface area contributed by atoms with E-state index < -0.39 is 0 Å². The summed E-state index contributed by atoms with van der Waals surface area (Å²) in [5, 5.41) is 6.64. The number of morpholine rings is 1. The van der Waals surface area contributed by atoms with Crippen molar-refractivity contribution in [2.75, 3.05) is 38.2 Å². The van der Waals surface area contributed by atoms with E-state index in [1.54, 1.807) is 0 Å². The Morgan fingerprint density at radius 3 is 2.54 bits per heavy atom. The number of hydrogen-bond donors (Lipinski definition) is 2. The zero-order valence-corrected chi connectivity index (χ0v) is 16.0. The summed E-state index contributed by atoms with van der Waals surface area (Å²) in [6, 6.07) is 9.84. The molecule has 1 aliphatic heterocycles. The summed E-state index contributed by atoms with van der Waals surface area (Å²) >= 11 is 0. The van der Waals surface area contributed by atoms with Crippen LogP contribution in [0.15, 0.2) is 30.3 Å². The van der Waals surface area contributed by atoms with Crippen molar-refractivity contribution < 1.29 is 9.53 Å². The summed E-state index contributed by atoms with van der Waals surface area (Å²) in [4.78, 5) is 14.9. The summed E-state index contributed by atoms with van der Waals surface area (Å²) in [6.45, 7) is 6.83. The highest BCUT2D eigenvalue weighted by Gasteiger charge is 2.38. The predicted octanol–water partition coefficient (Wildman–Crippen LogP) is 3.03. The van der Waals surface area contributed by atoms with Gasteiger partial charge in [-0.1, -0.05) is 37.5 Å². The van der Waals surface area contributed by atoms with Crippen LogP contribution >= 0.6 is 0 Å². The van der Waals surface area contributed by atoms with Gasteiger partial charge in [0, 0.05) is 43.3 Å². The van der Waals surface area contributed by atoms with Gasteiger partial charge in [-0.2, -0.15) is 0 Å². The monoisotopic (exact) mass is 359 g/mol. The minimum Gasteiger partial charge on any atom is -0.379 e. The Morgan fingerprint density at radius 2 is 1.85 bits per heavy atom. The molecule has 1 amide bonds. The Kier molecular flexibility index (Phi) is 7.06. The molecular weight excluding hydrogens is 326 g/mol. The first-order valence-corrected chi connectivity index (χ1v) is 10.1. The fourth-order valence-corrected chi connectivity index (χ4v) is 4.30. The van der Waals surface area contributed by atoms with Gasteiger partial charge in [0.05, 0.1) is 13.2 Å². The van der Waals surface area contributed by atoms with Crippen LogP contribution in [-0.4, -0.2) is 55.2 Å². The van der Waals surface area contributed by atoms with Gasteiger partial charge < -0.3 is 15.4 Å². The molecule has 1 aromatic carbocycles. The van der Waals surface area contributed by atoms with E-state index in [-0.39, 0.29) is 17.5 Å². The van der Waals surface area contributed by atoms with Crippen LogP contribution in [0.4, 0.5) is 5.69 Å². The predicted molar refractivity (Wildman–Crippen MR) is 105 cm³/mol. The van der Waals surface area contributed by atoms with Gasteiger partial charge in [0.25, 0.3) is 0 Å². The number of carbonyl (C=O) groups excluding carboxylic acids is 1. The van der Waals surface area contributed by atoms with Crippen LogP contribution in [0, 0.1) is 0 Å². The van der Waals surface area contributed by atoms with E-state index in [2.05, 4.69) is 22.5 Å². The number of ether oxygens (including phenoxy) is 1. The van der Waals surface area contributed by atoms with Crippen molar-refractivity contribution in [1.29, 1.82) is 0 Å². The third kappa shape index (κ3) is 5.29. The molecule has 2 fully saturated rings. The van der Waals surface area contributed by atoms with Gasteiger partial charge in [0.15, 0.2) is 0 Å². The first kappa shape index (κ1) is 19.3. The number of anilines is 1. The average Bonchev–Trinajstić information content (AvgIpc) is 2.68. The highest BCUT2D eigenvalue weighted by molar-refractivity contribution is 5.90. The number of benzene rings is 1. The molecule has 1 aliphatic carbocycles. The maximum Gasteiger partial charge on any atom is 0.225 e. The second-order valence-corrected chi connectivity index (χ2v) is 7.78. The number of nitrogens with one attached hydrogen (secondary N) is 2. The number of hydrogen-bond acceptors (Lipinski definition) is 4. The van der Waals surface area contributed by atoms with Crippen LogP contribution in [0.1, 0.15) is 45.4 Å². The standard InChI is InChI=1S/C21H33N3O2/c1-18(16-20(25)23-19-8-4-2-5-9-19)22-17-21(10-6-3-7-11-21)24-12-14-26-15-13-24/h2,4-5,8-9,18,22H,3,6-7,10-17H2,1H3,(H,23,25)/t18-/m0/s1. The van der Waals surface area contributed by atoms with Crippen LogP contribution in [0.25, 0.3) is 0 Å². The molecule has 0 unspecified atom stereocenters. The molecule has 3 rings (SSSR count). The lowest BCUT2D eigenvalue weighted by Gasteiger charge is -2.48. The molecule has 144 valence electrons. The van der Waals surface area contributed by atoms with Gasteiger partial charge in [-0.3, -0.25) is 9.69 Å². The minimum atomic E-state index is 0.0697. The van der Waals surface area contributed by atoms with Crippen LogP contribution in [0.2, 0.25) is 0 Å². The molecule has 1 saturated carbocycles. The highest BCUT2D eigenvalue weighted by atomic mass is 16.5. The lowest BCUT2D eigenvalue weighted by Crippen LogP contribution is -2.60. The van der Waals surface area contributed by atoms with E-state index >= 15 is 0 Å². The van der Waals surface area contributed by atoms with Crippen LogP contribution < -0.4 is 10.6 Å². The summed E-state index contributed by atoms with van der Waals surface area (Å²) in [5.41, 5.74) is 1.11. The molecule has 2 N–H and O–H groups in total. The van der Waals surface area contributed by atoms with Crippen LogP contribution in [0.3, 0.4) is 0 Å². The van der Waals surface area contributed by atoms with Crippen molar-refractivity contribution in [3.8, 4) is 0 Å². The van der Waals surface area contributed by atoms with Gasteiger partial charge in [-0.15, -0.1) is 0 Å². The zero-order valence-electron chi connectivity index (χ0n) is 16.0. The van der Waals surface area contributed by atoms with Crippen LogP contribution in [0.5, 0.6) is 0 Å². The molecule has 1 atom stereocenters. The SMILES string of the molecule is C[C@@H](CC(=O)Nc1ccccc1)NCC1(N2CCOCC2)CCCCC1. The second-order valence-electron chi connectivity index (χ2n) is 7.78. The molecule has 1 heterocycles. The fourth-order valence-electron chi connectivity index (χ4n) is 4.30. The highest BCUT2D eigenvalue weighted by Crippen LogP contribution is 2.34. The number of nitrogens with zero attached hydrogens (tertiary/aromatic N) is 1. The van der Waals surface area contributed by atoms with E-state index in [9.17, 15) is 4.79 Å². The smallest absolute Gasteiger partial charge is 0.225 e. The first-order valence-electron chi connectivity index (χ1n) is 10.1. The van der Waals surface area contributed by atoms with Crippen molar-refractivity contribution in [3.05, 3.63) is 30.3 Å². The van der Waals surface area contributed by atoms with E-state index in [4.69, 9.17) is 4.74 Å². The van der Waals surface area contributed by atoms with E-state index in [1.807, 2.05) is 30.3 Å². The summed E-state index contributed by atoms with van der Waals surface area (Å²) in [5.74, 6) is 0.0697. The Labute approximate surface area is 157 Å². The van der Waals surface area contributed by atoms with Crippen molar-refractivity contribution >= 4 is 11.6 Å². The molecule has 5 heteroatoms. The molecule has 0 bridgehead atoms. The average molecular weight is 360 g/mol. The molecule has 26 heavy (non-hydrogen) atoms. The maximum atomic E-state index is 12.3. The molecule has 1 aromatic rings. The van der Waals surface area contributed by atoms with Gasteiger partial charge in [-0.25, -0.2) is 0 Å². The van der Waals surface area contributed by atoms with Gasteiger partial charge in [0.2, 0.25) is 5.91 Å². The molecule has 0 spiro atoms. The van der Waals surface area contributed by atoms with Crippen molar-refractivity contribution in [2.24, 2.45) is 0 Å². The minimum absolute atomic E-state index is 0.0697. The summed E-state index contributed by atoms with van der Waals surface area (Å²) < 4.78 is 5.56. The maximum absolute atomic E-state index is 12.3. The molecular formula is C21H33N3O2. The van der Waals surface area contributed by atoms with Crippen molar-refractivity contribution in [3.63, 3.8) is 0 Å². The van der Waals surface area contributed by atoms with Crippen molar-refractivity contribution in [2.45, 2.75) is 57.0 Å². The van der Waals surface area contributed by atoms with E-state index in [0.717, 1.165) is 38.5 Å². The van der Waals surface area contributed by atoms with E-state index in [0.29, 0.717) is 6.42 Å². The number of para-hydroxylation sites is 1. The van der Waals surface area contributed by atoms with Crippen LogP contribution in [-0.2, 0) is 9.53 Å². The molecule has 2 aliphatic rings. The lowest BCUT2D eigenvalue weighted by atomic mass is 9.79. The molecule has 0 aromatic heterocycles. The summed E-state index contributed by atoms with van der Waals surface area (Å²) in [7, 11) is 0. The Balaban J connectivity index is 1.50. The number of carbonyl (C=O) groups is 1. The summed E-state index contributed by atoms with van der Waals surface area (Å²) in [6.07, 6.45) is 6.96. The topological polar surface area (TPSA) is 53.6 Å². The third-order valence-electron chi connectivity index (χ3n) is 5.79. The zero-order chi connectivity index (χ0) is 18.2. The Bertz CT molecular complexity index is 552. The molecule has 1 saturated heterocycles. The second kappa shape index (κ2) is 9.49. The quantitative estimate of drug-likeness (QED) is 0.786. The van der Waals surface area contributed by atoms with Gasteiger partial charge >= 0.3 is 0 Å². The normalized spacial score (nSPS) is 21.9. The largest absolute Gasteiger partial charge is 0.379 e. The van der Waals surface area contributed by atoms with E-state index in [1.165, 1.54) is 32.1 Å². The lowest BCUT2D eigenvalue weighted by molar-refractivity contribution is -0.116. The Hall–Kier alpha value is -1.43. The first-order chi connectivity index (χ1) is 12.7. The van der Waals surface area contributed by atoms with Crippen molar-refractivity contribution in [1.82, 2.24) is 10.2 Å². The molecule has 5 nitrogen and oxygen atoms in total. The van der Waals surface area contributed by atoms with Gasteiger partial charge in [0.1, 0.15) is 0 Å². The Morgan fingerprint density at radius 1 is 1.15 bits per heavy atom. The number of amides is 1. The van der Waals surface area contributed by atoms with Gasteiger partial charge in [-0.05, 0) is 31.9 Å². The fraction of sp³-hybridized carbons (Fsp3) is 0.667. The number of rotatable bonds is 7.